The van der Waals surface area contributed by atoms with Crippen LogP contribution in [0.2, 0.25) is 0 Å². The molecule has 0 heterocycles. The van der Waals surface area contributed by atoms with Crippen LogP contribution in [0, 0.1) is 18.8 Å². The Hall–Kier alpha value is -0.340. The molecule has 0 aromatic heterocycles. The van der Waals surface area contributed by atoms with Gasteiger partial charge in [-0.1, -0.05) is 54.8 Å². The smallest absolute Gasteiger partial charge is 0.0349 e. The van der Waals surface area contributed by atoms with Gasteiger partial charge in [0.2, 0.25) is 0 Å². The van der Waals surface area contributed by atoms with Crippen molar-refractivity contribution in [2.75, 3.05) is 6.54 Å². The number of halogens is 1. The van der Waals surface area contributed by atoms with Crippen molar-refractivity contribution in [1.29, 1.82) is 0 Å². The third-order valence-electron chi connectivity index (χ3n) is 4.43. The van der Waals surface area contributed by atoms with Crippen LogP contribution in [0.15, 0.2) is 22.7 Å². The number of hydrogen-bond acceptors (Lipinski definition) is 1. The second-order valence-electron chi connectivity index (χ2n) is 6.08. The van der Waals surface area contributed by atoms with E-state index in [1.54, 1.807) is 0 Å². The third-order valence-corrected chi connectivity index (χ3v) is 5.28. The lowest BCUT2D eigenvalue weighted by atomic mass is 9.76. The number of hydrogen-bond donors (Lipinski definition) is 1. The molecule has 106 valence electrons. The first kappa shape index (κ1) is 15.1. The van der Waals surface area contributed by atoms with Gasteiger partial charge in [-0.2, -0.15) is 0 Å². The molecule has 2 heteroatoms. The summed E-state index contributed by atoms with van der Waals surface area (Å²) in [5.41, 5.74) is 2.76. The summed E-state index contributed by atoms with van der Waals surface area (Å²) in [6.07, 6.45) is 5.53. The summed E-state index contributed by atoms with van der Waals surface area (Å²) >= 11 is 3.67. The van der Waals surface area contributed by atoms with Gasteiger partial charge in [0.1, 0.15) is 0 Å². The van der Waals surface area contributed by atoms with Crippen molar-refractivity contribution in [1.82, 2.24) is 5.32 Å². The average Bonchev–Trinajstić information content (AvgIpc) is 2.39. The van der Waals surface area contributed by atoms with Crippen LogP contribution in [-0.2, 0) is 0 Å². The highest BCUT2D eigenvalue weighted by Crippen LogP contribution is 2.37. The molecule has 19 heavy (non-hydrogen) atoms. The normalized spacial score (nSPS) is 25.3. The van der Waals surface area contributed by atoms with E-state index in [1.165, 1.54) is 41.3 Å². The molecule has 1 aliphatic rings. The summed E-state index contributed by atoms with van der Waals surface area (Å²) < 4.78 is 1.23. The lowest BCUT2D eigenvalue weighted by Gasteiger charge is -2.34. The van der Waals surface area contributed by atoms with Crippen molar-refractivity contribution < 1.29 is 0 Å². The molecule has 0 spiro atoms. The molecule has 1 aromatic carbocycles. The van der Waals surface area contributed by atoms with E-state index in [0.717, 1.165) is 18.4 Å². The van der Waals surface area contributed by atoms with Gasteiger partial charge in [0, 0.05) is 10.5 Å². The molecule has 0 radical (unpaired) electrons. The summed E-state index contributed by atoms with van der Waals surface area (Å²) in [5, 5.41) is 3.72. The molecule has 3 unspecified atom stereocenters. The number of rotatable bonds is 4. The lowest BCUT2D eigenvalue weighted by molar-refractivity contribution is 0.225. The van der Waals surface area contributed by atoms with Gasteiger partial charge in [-0.25, -0.2) is 0 Å². The summed E-state index contributed by atoms with van der Waals surface area (Å²) in [6.45, 7) is 7.81. The maximum atomic E-state index is 3.72. The fourth-order valence-electron chi connectivity index (χ4n) is 3.36. The van der Waals surface area contributed by atoms with E-state index in [2.05, 4.69) is 60.2 Å². The molecule has 1 N–H and O–H groups in total. The Morgan fingerprint density at radius 1 is 1.37 bits per heavy atom. The van der Waals surface area contributed by atoms with Gasteiger partial charge in [-0.05, 0) is 55.3 Å². The summed E-state index contributed by atoms with van der Waals surface area (Å²) in [6, 6.07) is 7.36. The zero-order valence-electron chi connectivity index (χ0n) is 12.4. The Balaban J connectivity index is 2.20. The van der Waals surface area contributed by atoms with Crippen molar-refractivity contribution in [2.24, 2.45) is 11.8 Å². The van der Waals surface area contributed by atoms with E-state index >= 15 is 0 Å². The molecular formula is C17H26BrN. The Morgan fingerprint density at radius 2 is 2.16 bits per heavy atom. The predicted molar refractivity (Wildman–Crippen MR) is 86.4 cm³/mol. The van der Waals surface area contributed by atoms with Crippen LogP contribution in [0.3, 0.4) is 0 Å². The highest BCUT2D eigenvalue weighted by molar-refractivity contribution is 9.10. The Bertz CT molecular complexity index is 416. The fourth-order valence-corrected chi connectivity index (χ4v) is 3.76. The molecule has 3 atom stereocenters. The minimum atomic E-state index is 0.518. The zero-order valence-corrected chi connectivity index (χ0v) is 14.0. The molecule has 1 aromatic rings. The Labute approximate surface area is 126 Å². The highest BCUT2D eigenvalue weighted by Gasteiger charge is 2.27. The van der Waals surface area contributed by atoms with Crippen molar-refractivity contribution >= 4 is 15.9 Å². The summed E-state index contributed by atoms with van der Waals surface area (Å²) in [7, 11) is 0. The van der Waals surface area contributed by atoms with E-state index in [4.69, 9.17) is 0 Å². The minimum absolute atomic E-state index is 0.518. The van der Waals surface area contributed by atoms with Crippen molar-refractivity contribution in [3.63, 3.8) is 0 Å². The quantitative estimate of drug-likeness (QED) is 0.799. The summed E-state index contributed by atoms with van der Waals surface area (Å²) in [5.74, 6) is 1.67. The average molecular weight is 324 g/mol. The van der Waals surface area contributed by atoms with Gasteiger partial charge < -0.3 is 5.32 Å². The second-order valence-corrected chi connectivity index (χ2v) is 6.93. The van der Waals surface area contributed by atoms with Gasteiger partial charge >= 0.3 is 0 Å². The second kappa shape index (κ2) is 6.90. The molecule has 2 rings (SSSR count). The van der Waals surface area contributed by atoms with E-state index < -0.39 is 0 Å². The molecule has 0 saturated heterocycles. The highest BCUT2D eigenvalue weighted by atomic mass is 79.9. The van der Waals surface area contributed by atoms with Crippen molar-refractivity contribution in [3.8, 4) is 0 Å². The van der Waals surface area contributed by atoms with Crippen LogP contribution in [0.1, 0.15) is 56.7 Å². The molecule has 1 saturated carbocycles. The first-order valence-corrected chi connectivity index (χ1v) is 8.40. The van der Waals surface area contributed by atoms with E-state index in [9.17, 15) is 0 Å². The van der Waals surface area contributed by atoms with E-state index in [1.807, 2.05) is 0 Å². The van der Waals surface area contributed by atoms with Crippen molar-refractivity contribution in [2.45, 2.75) is 52.5 Å². The minimum Gasteiger partial charge on any atom is -0.310 e. The standard InChI is InChI=1S/C17H26BrN/c1-4-19-17(14-7-5-6-12(2)10-14)15-9-8-13(3)16(18)11-15/h8-9,11-12,14,17,19H,4-7,10H2,1-3H3. The fraction of sp³-hybridized carbons (Fsp3) is 0.647. The monoisotopic (exact) mass is 323 g/mol. The van der Waals surface area contributed by atoms with Crippen LogP contribution in [-0.4, -0.2) is 6.54 Å². The lowest BCUT2D eigenvalue weighted by Crippen LogP contribution is -2.31. The molecule has 1 fully saturated rings. The first-order valence-electron chi connectivity index (χ1n) is 7.61. The van der Waals surface area contributed by atoms with Crippen LogP contribution >= 0.6 is 15.9 Å². The molecule has 0 aliphatic heterocycles. The van der Waals surface area contributed by atoms with Gasteiger partial charge in [0.05, 0.1) is 0 Å². The van der Waals surface area contributed by atoms with E-state index in [-0.39, 0.29) is 0 Å². The molecule has 1 aliphatic carbocycles. The van der Waals surface area contributed by atoms with Crippen LogP contribution < -0.4 is 5.32 Å². The van der Waals surface area contributed by atoms with Gasteiger partial charge in [-0.3, -0.25) is 0 Å². The topological polar surface area (TPSA) is 12.0 Å². The predicted octanol–water partition coefficient (Wildman–Crippen LogP) is 5.23. The Kier molecular flexibility index (Phi) is 5.47. The SMILES string of the molecule is CCNC(c1ccc(C)c(Br)c1)C1CCCC(C)C1. The van der Waals surface area contributed by atoms with Gasteiger partial charge in [-0.15, -0.1) is 0 Å². The number of aryl methyl sites for hydroxylation is 1. The van der Waals surface area contributed by atoms with Crippen molar-refractivity contribution in [3.05, 3.63) is 33.8 Å². The van der Waals surface area contributed by atoms with E-state index in [0.29, 0.717) is 6.04 Å². The molecule has 0 bridgehead atoms. The van der Waals surface area contributed by atoms with Crippen LogP contribution in [0.4, 0.5) is 0 Å². The first-order chi connectivity index (χ1) is 9.11. The number of benzene rings is 1. The Morgan fingerprint density at radius 3 is 2.79 bits per heavy atom. The van der Waals surface area contributed by atoms with Gasteiger partial charge in [0.25, 0.3) is 0 Å². The zero-order chi connectivity index (χ0) is 13.8. The molecule has 1 nitrogen and oxygen atoms in total. The molecular weight excluding hydrogens is 298 g/mol. The van der Waals surface area contributed by atoms with Gasteiger partial charge in [0.15, 0.2) is 0 Å². The summed E-state index contributed by atoms with van der Waals surface area (Å²) in [4.78, 5) is 0. The third kappa shape index (κ3) is 3.82. The maximum absolute atomic E-state index is 3.72. The van der Waals surface area contributed by atoms with Crippen LogP contribution in [0.25, 0.3) is 0 Å². The molecule has 0 amide bonds. The largest absolute Gasteiger partial charge is 0.310 e. The van der Waals surface area contributed by atoms with Crippen LogP contribution in [0.5, 0.6) is 0 Å². The number of nitrogens with one attached hydrogen (secondary N) is 1. The maximum Gasteiger partial charge on any atom is 0.0349 e.